The van der Waals surface area contributed by atoms with E-state index in [9.17, 15) is 5.11 Å². The van der Waals surface area contributed by atoms with Gasteiger partial charge in [0.25, 0.3) is 0 Å². The highest BCUT2D eigenvalue weighted by Crippen LogP contribution is 2.32. The summed E-state index contributed by atoms with van der Waals surface area (Å²) in [7, 11) is 0. The number of aromatic nitrogens is 3. The van der Waals surface area contributed by atoms with Crippen LogP contribution in [0.15, 0.2) is 42.7 Å². The van der Waals surface area contributed by atoms with Crippen LogP contribution in [0, 0.1) is 0 Å². The molecule has 0 radical (unpaired) electrons. The van der Waals surface area contributed by atoms with E-state index < -0.39 is 0 Å². The van der Waals surface area contributed by atoms with E-state index in [4.69, 9.17) is 10.5 Å². The summed E-state index contributed by atoms with van der Waals surface area (Å²) >= 11 is 0. The van der Waals surface area contributed by atoms with Crippen molar-refractivity contribution in [2.45, 2.75) is 0 Å². The fraction of sp³-hybridized carbons (Fsp3) is 0. The van der Waals surface area contributed by atoms with Crippen LogP contribution in [0.2, 0.25) is 0 Å². The zero-order valence-electron chi connectivity index (χ0n) is 9.32. The van der Waals surface area contributed by atoms with Gasteiger partial charge in [-0.2, -0.15) is 10.1 Å². The molecule has 6 heteroatoms. The monoisotopic (exact) mass is 242 g/mol. The highest BCUT2D eigenvalue weighted by atomic mass is 16.5. The third kappa shape index (κ3) is 1.69. The Hall–Kier alpha value is -2.76. The summed E-state index contributed by atoms with van der Waals surface area (Å²) in [6.07, 6.45) is 3.38. The molecule has 3 N–H and O–H groups in total. The highest BCUT2D eigenvalue weighted by Gasteiger charge is 2.07. The molecule has 0 fully saturated rings. The number of fused-ring (bicyclic) bond motifs is 1. The Kier molecular flexibility index (Phi) is 2.26. The van der Waals surface area contributed by atoms with E-state index in [1.807, 2.05) is 0 Å². The van der Waals surface area contributed by atoms with Crippen LogP contribution in [-0.4, -0.2) is 19.7 Å². The number of para-hydroxylation sites is 1. The Balaban J connectivity index is 1.98. The number of benzene rings is 1. The second-order valence-corrected chi connectivity index (χ2v) is 3.69. The van der Waals surface area contributed by atoms with Gasteiger partial charge in [0.05, 0.1) is 6.20 Å². The number of nitrogens with two attached hydrogens (primary N) is 1. The van der Waals surface area contributed by atoms with Gasteiger partial charge < -0.3 is 15.6 Å². The van der Waals surface area contributed by atoms with Crippen LogP contribution in [0.1, 0.15) is 0 Å². The predicted octanol–water partition coefficient (Wildman–Crippen LogP) is 1.81. The Morgan fingerprint density at radius 3 is 3.00 bits per heavy atom. The Labute approximate surface area is 102 Å². The van der Waals surface area contributed by atoms with Gasteiger partial charge in [0.2, 0.25) is 5.88 Å². The predicted molar refractivity (Wildman–Crippen MR) is 65.6 cm³/mol. The molecule has 6 nitrogen and oxygen atoms in total. The van der Waals surface area contributed by atoms with Gasteiger partial charge in [0, 0.05) is 18.3 Å². The summed E-state index contributed by atoms with van der Waals surface area (Å²) in [6, 6.07) is 8.24. The van der Waals surface area contributed by atoms with E-state index in [0.29, 0.717) is 17.3 Å². The third-order valence-electron chi connectivity index (χ3n) is 2.49. The maximum absolute atomic E-state index is 9.48. The van der Waals surface area contributed by atoms with E-state index in [2.05, 4.69) is 10.1 Å². The van der Waals surface area contributed by atoms with E-state index in [1.165, 1.54) is 6.07 Å². The van der Waals surface area contributed by atoms with Crippen LogP contribution in [-0.2, 0) is 0 Å². The van der Waals surface area contributed by atoms with Crippen LogP contribution in [0.4, 0.5) is 5.69 Å². The van der Waals surface area contributed by atoms with Gasteiger partial charge in [0.1, 0.15) is 11.4 Å². The summed E-state index contributed by atoms with van der Waals surface area (Å²) in [4.78, 5) is 4.24. The molecule has 90 valence electrons. The Morgan fingerprint density at radius 1 is 1.22 bits per heavy atom. The molecule has 0 aliphatic heterocycles. The Morgan fingerprint density at radius 2 is 2.11 bits per heavy atom. The minimum Gasteiger partial charge on any atom is -0.506 e. The minimum atomic E-state index is -0.0158. The summed E-state index contributed by atoms with van der Waals surface area (Å²) < 4.78 is 7.15. The second-order valence-electron chi connectivity index (χ2n) is 3.69. The van der Waals surface area contributed by atoms with E-state index in [0.717, 1.165) is 0 Å². The first-order valence-electron chi connectivity index (χ1n) is 5.30. The maximum atomic E-state index is 9.48. The lowest BCUT2D eigenvalue weighted by atomic mass is 10.3. The average Bonchev–Trinajstić information content (AvgIpc) is 2.82. The van der Waals surface area contributed by atoms with Gasteiger partial charge in [-0.3, -0.25) is 0 Å². The first-order chi connectivity index (χ1) is 8.74. The fourth-order valence-electron chi connectivity index (χ4n) is 1.59. The second kappa shape index (κ2) is 3.92. The molecule has 0 amide bonds. The van der Waals surface area contributed by atoms with Crippen LogP contribution in [0.3, 0.4) is 0 Å². The molecule has 1 aromatic carbocycles. The number of nitrogen functional groups attached to an aromatic ring is 1. The molecular formula is C12H10N4O2. The lowest BCUT2D eigenvalue weighted by molar-refractivity contribution is 0.450. The molecule has 2 aromatic heterocycles. The molecule has 0 bridgehead atoms. The third-order valence-corrected chi connectivity index (χ3v) is 2.49. The fourth-order valence-corrected chi connectivity index (χ4v) is 1.59. The minimum absolute atomic E-state index is 0.0158. The normalized spacial score (nSPS) is 10.7. The smallest absolute Gasteiger partial charge is 0.222 e. The van der Waals surface area contributed by atoms with Gasteiger partial charge in [0.15, 0.2) is 11.4 Å². The van der Waals surface area contributed by atoms with Crippen molar-refractivity contribution in [1.82, 2.24) is 14.6 Å². The van der Waals surface area contributed by atoms with Crippen molar-refractivity contribution in [2.75, 3.05) is 5.73 Å². The molecule has 0 aliphatic carbocycles. The largest absolute Gasteiger partial charge is 0.506 e. The molecule has 0 unspecified atom stereocenters. The van der Waals surface area contributed by atoms with E-state index in [1.54, 1.807) is 41.2 Å². The van der Waals surface area contributed by atoms with Crippen molar-refractivity contribution in [3.05, 3.63) is 42.7 Å². The number of anilines is 1. The number of hydrogen-bond acceptors (Lipinski definition) is 5. The lowest BCUT2D eigenvalue weighted by Gasteiger charge is -2.08. The molecule has 18 heavy (non-hydrogen) atoms. The maximum Gasteiger partial charge on any atom is 0.222 e. The summed E-state index contributed by atoms with van der Waals surface area (Å²) in [6.45, 7) is 0. The van der Waals surface area contributed by atoms with E-state index >= 15 is 0 Å². The molecule has 0 saturated heterocycles. The summed E-state index contributed by atoms with van der Waals surface area (Å²) in [5.41, 5.74) is 6.56. The van der Waals surface area contributed by atoms with Crippen molar-refractivity contribution in [1.29, 1.82) is 0 Å². The molecule has 0 atom stereocenters. The van der Waals surface area contributed by atoms with Crippen molar-refractivity contribution >= 4 is 11.3 Å². The van der Waals surface area contributed by atoms with Crippen LogP contribution in [0.5, 0.6) is 17.4 Å². The standard InChI is InChI=1S/C12H10N4O2/c13-12-8(17)2-1-3-9(12)18-11-5-7-16-10(15-11)4-6-14-16/h1-7,17H,13H2. The van der Waals surface area contributed by atoms with Crippen LogP contribution >= 0.6 is 0 Å². The van der Waals surface area contributed by atoms with Crippen LogP contribution < -0.4 is 10.5 Å². The van der Waals surface area contributed by atoms with Gasteiger partial charge in [-0.15, -0.1) is 0 Å². The first-order valence-corrected chi connectivity index (χ1v) is 5.30. The molecule has 2 heterocycles. The van der Waals surface area contributed by atoms with Gasteiger partial charge in [-0.05, 0) is 12.1 Å². The van der Waals surface area contributed by atoms with Crippen molar-refractivity contribution in [2.24, 2.45) is 0 Å². The van der Waals surface area contributed by atoms with Gasteiger partial charge in [-0.25, -0.2) is 4.52 Å². The summed E-state index contributed by atoms with van der Waals surface area (Å²) in [5.74, 6) is 0.740. The molecule has 3 aromatic rings. The average molecular weight is 242 g/mol. The highest BCUT2D eigenvalue weighted by molar-refractivity contribution is 5.62. The summed E-state index contributed by atoms with van der Waals surface area (Å²) in [5, 5.41) is 13.5. The van der Waals surface area contributed by atoms with Gasteiger partial charge >= 0.3 is 0 Å². The number of aromatic hydroxyl groups is 1. The van der Waals surface area contributed by atoms with Crippen molar-refractivity contribution in [3.8, 4) is 17.4 Å². The number of nitrogens with zero attached hydrogens (tertiary/aromatic N) is 3. The number of ether oxygens (including phenoxy) is 1. The van der Waals surface area contributed by atoms with Crippen LogP contribution in [0.25, 0.3) is 5.65 Å². The van der Waals surface area contributed by atoms with E-state index in [-0.39, 0.29) is 11.4 Å². The molecule has 3 rings (SSSR count). The Bertz CT molecular complexity index is 708. The SMILES string of the molecule is Nc1c(O)cccc1Oc1ccn2nccc2n1. The van der Waals surface area contributed by atoms with Gasteiger partial charge in [-0.1, -0.05) is 6.07 Å². The number of hydrogen-bond donors (Lipinski definition) is 2. The molecular weight excluding hydrogens is 232 g/mol. The quantitative estimate of drug-likeness (QED) is 0.528. The molecule has 0 spiro atoms. The first kappa shape index (κ1) is 10.4. The molecule has 0 aliphatic rings. The van der Waals surface area contributed by atoms with Crippen molar-refractivity contribution in [3.63, 3.8) is 0 Å². The number of phenolic OH excluding ortho intramolecular Hbond substituents is 1. The number of rotatable bonds is 2. The molecule has 0 saturated carbocycles. The zero-order valence-corrected chi connectivity index (χ0v) is 9.32. The topological polar surface area (TPSA) is 85.7 Å². The number of phenols is 1. The lowest BCUT2D eigenvalue weighted by Crippen LogP contribution is -1.96. The van der Waals surface area contributed by atoms with Crippen molar-refractivity contribution < 1.29 is 9.84 Å². The zero-order chi connectivity index (χ0) is 12.5.